The van der Waals surface area contributed by atoms with Crippen LogP contribution in [0.1, 0.15) is 324 Å². The summed E-state index contributed by atoms with van der Waals surface area (Å²) in [7, 11) is 0. The number of ether oxygens (including phenoxy) is 1. The first-order valence-corrected chi connectivity index (χ1v) is 33.1. The molecule has 0 radical (unpaired) electrons. The predicted octanol–water partition coefficient (Wildman–Crippen LogP) is 18.5. The number of hydrogen-bond donors (Lipinski definition) is 0. The maximum atomic E-state index is 14.3. The van der Waals surface area contributed by atoms with Crippen LogP contribution in [0.5, 0.6) is 0 Å². The Hall–Kier alpha value is -1.18. The van der Waals surface area contributed by atoms with Crippen LogP contribution in [0.3, 0.4) is 0 Å². The van der Waals surface area contributed by atoms with Crippen LogP contribution in [-0.2, 0) is 14.3 Å². The van der Waals surface area contributed by atoms with Crippen LogP contribution in [-0.4, -0.2) is 110 Å². The van der Waals surface area contributed by atoms with E-state index < -0.39 is 0 Å². The smallest absolute Gasteiger partial charge is 0.305 e. The lowest BCUT2D eigenvalue weighted by atomic mass is 9.94. The van der Waals surface area contributed by atoms with Gasteiger partial charge in [-0.15, -0.1) is 0 Å². The molecule has 1 aliphatic heterocycles. The maximum Gasteiger partial charge on any atom is 0.305 e. The Balaban J connectivity index is 2.82. The molecule has 1 heterocycles. The van der Waals surface area contributed by atoms with E-state index in [2.05, 4.69) is 54.2 Å². The number of unbranched alkanes of at least 4 members (excludes halogenated alkanes) is 35. The van der Waals surface area contributed by atoms with Crippen LogP contribution >= 0.6 is 0 Å². The fourth-order valence-electron chi connectivity index (χ4n) is 11.2. The molecule has 7 nitrogen and oxygen atoms in total. The highest BCUT2D eigenvalue weighted by Gasteiger charge is 2.26. The molecule has 1 rings (SSSR count). The molecule has 0 aromatic heterocycles. The van der Waals surface area contributed by atoms with E-state index in [0.29, 0.717) is 31.4 Å². The van der Waals surface area contributed by atoms with Crippen LogP contribution in [0.2, 0.25) is 0 Å². The van der Waals surface area contributed by atoms with Gasteiger partial charge in [0.1, 0.15) is 0 Å². The second kappa shape index (κ2) is 54.6. The van der Waals surface area contributed by atoms with Gasteiger partial charge in [-0.1, -0.05) is 259 Å². The molecule has 0 bridgehead atoms. The molecule has 1 fully saturated rings. The van der Waals surface area contributed by atoms with E-state index in [1.54, 1.807) is 0 Å². The Morgan fingerprint density at radius 2 is 0.722 bits per heavy atom. The first-order valence-electron chi connectivity index (χ1n) is 33.1. The van der Waals surface area contributed by atoms with E-state index in [1.165, 1.54) is 264 Å². The molecule has 0 aromatic rings. The summed E-state index contributed by atoms with van der Waals surface area (Å²) < 4.78 is 5.76. The maximum absolute atomic E-state index is 14.3. The Labute approximate surface area is 452 Å². The number of piperidine rings is 1. The number of rotatable bonds is 57. The zero-order chi connectivity index (χ0) is 52.1. The molecule has 1 unspecified atom stereocenters. The summed E-state index contributed by atoms with van der Waals surface area (Å²) >= 11 is 0. The second-order valence-corrected chi connectivity index (χ2v) is 23.3. The van der Waals surface area contributed by atoms with Crippen molar-refractivity contribution in [1.29, 1.82) is 0 Å². The number of amides is 1. The summed E-state index contributed by atoms with van der Waals surface area (Å²) in [5, 5.41) is 0. The van der Waals surface area contributed by atoms with E-state index >= 15 is 0 Å². The standard InChI is InChI=1S/C65H130N4O3/c1-6-11-16-21-26-27-28-29-30-35-39-42-51-66(55-47-60-72-65(71)49-41-36-31-22-17-12-7-2)57-50-63-48-46-56-69(61-63)64(70)62-68(54-45-40-34-25-20-15-10-5)59-58-67(52-43-37-32-23-18-13-8-3)53-44-38-33-24-19-14-9-4/h63H,6-62H2,1-5H3. The highest BCUT2D eigenvalue weighted by Crippen LogP contribution is 2.22. The Bertz CT molecular complexity index is 1100. The SMILES string of the molecule is CCCCCCCCCCCCCCN(CCCOC(=O)CCCCCCCCC)CCC1CCCN(C(=O)CN(CCCCCCCCC)CCN(CCCCCCCCC)CCCCCCCCC)C1. The van der Waals surface area contributed by atoms with Gasteiger partial charge < -0.3 is 19.4 Å². The van der Waals surface area contributed by atoms with Crippen molar-refractivity contribution < 1.29 is 14.3 Å². The van der Waals surface area contributed by atoms with E-state index in [-0.39, 0.29) is 5.97 Å². The Morgan fingerprint density at radius 1 is 0.389 bits per heavy atom. The van der Waals surface area contributed by atoms with Gasteiger partial charge in [0.05, 0.1) is 13.2 Å². The van der Waals surface area contributed by atoms with Crippen molar-refractivity contribution in [3.63, 3.8) is 0 Å². The zero-order valence-electron chi connectivity index (χ0n) is 49.9. The first-order chi connectivity index (χ1) is 35.5. The summed E-state index contributed by atoms with van der Waals surface area (Å²) in [4.78, 5) is 37.2. The Morgan fingerprint density at radius 3 is 1.14 bits per heavy atom. The summed E-state index contributed by atoms with van der Waals surface area (Å²) in [6, 6.07) is 0. The number of likely N-dealkylation sites (tertiary alicyclic amines) is 1. The van der Waals surface area contributed by atoms with Crippen molar-refractivity contribution in [2.24, 2.45) is 5.92 Å². The van der Waals surface area contributed by atoms with Crippen molar-refractivity contribution in [1.82, 2.24) is 19.6 Å². The molecule has 0 spiro atoms. The van der Waals surface area contributed by atoms with E-state index in [0.717, 1.165) is 84.5 Å². The number of carbonyl (C=O) groups excluding carboxylic acids is 2. The van der Waals surface area contributed by atoms with Crippen LogP contribution in [0.4, 0.5) is 0 Å². The largest absolute Gasteiger partial charge is 0.466 e. The summed E-state index contributed by atoms with van der Waals surface area (Å²) in [6.07, 6.45) is 58.5. The van der Waals surface area contributed by atoms with Gasteiger partial charge in [0, 0.05) is 39.1 Å². The topological polar surface area (TPSA) is 56.3 Å². The third kappa shape index (κ3) is 45.1. The molecule has 0 aliphatic carbocycles. The Kier molecular flexibility index (Phi) is 52.2. The van der Waals surface area contributed by atoms with E-state index in [4.69, 9.17) is 4.74 Å². The molecule has 0 N–H and O–H groups in total. The average molecular weight is 1020 g/mol. The summed E-state index contributed by atoms with van der Waals surface area (Å²) in [5.41, 5.74) is 0. The number of nitrogens with zero attached hydrogens (tertiary/aromatic N) is 4. The molecule has 1 saturated heterocycles. The lowest BCUT2D eigenvalue weighted by molar-refractivity contribution is -0.144. The number of carbonyl (C=O) groups is 2. The van der Waals surface area contributed by atoms with Crippen LogP contribution in [0.15, 0.2) is 0 Å². The van der Waals surface area contributed by atoms with Crippen molar-refractivity contribution in [2.45, 2.75) is 324 Å². The van der Waals surface area contributed by atoms with Gasteiger partial charge in [-0.05, 0) is 96.4 Å². The normalized spacial score (nSPS) is 14.2. The van der Waals surface area contributed by atoms with Gasteiger partial charge in [-0.2, -0.15) is 0 Å². The quantitative estimate of drug-likeness (QED) is 0.0447. The van der Waals surface area contributed by atoms with E-state index in [1.807, 2.05) is 0 Å². The second-order valence-electron chi connectivity index (χ2n) is 23.3. The van der Waals surface area contributed by atoms with Crippen LogP contribution in [0, 0.1) is 5.92 Å². The highest BCUT2D eigenvalue weighted by atomic mass is 16.5. The molecule has 7 heteroatoms. The fraction of sp³-hybridized carbons (Fsp3) is 0.969. The minimum Gasteiger partial charge on any atom is -0.466 e. The van der Waals surface area contributed by atoms with Crippen LogP contribution in [0.25, 0.3) is 0 Å². The molecular weight excluding hydrogens is 885 g/mol. The summed E-state index contributed by atoms with van der Waals surface area (Å²) in [5.74, 6) is 0.941. The lowest BCUT2D eigenvalue weighted by Crippen LogP contribution is -2.47. The third-order valence-corrected chi connectivity index (χ3v) is 16.2. The molecule has 428 valence electrons. The molecule has 1 atom stereocenters. The summed E-state index contributed by atoms with van der Waals surface area (Å²) in [6.45, 7) is 23.3. The van der Waals surface area contributed by atoms with Crippen molar-refractivity contribution in [2.75, 3.05) is 78.6 Å². The monoisotopic (exact) mass is 1020 g/mol. The molecule has 0 saturated carbocycles. The van der Waals surface area contributed by atoms with E-state index in [9.17, 15) is 9.59 Å². The fourth-order valence-corrected chi connectivity index (χ4v) is 11.2. The zero-order valence-corrected chi connectivity index (χ0v) is 49.9. The highest BCUT2D eigenvalue weighted by molar-refractivity contribution is 5.78. The van der Waals surface area contributed by atoms with Gasteiger partial charge in [0.15, 0.2) is 0 Å². The van der Waals surface area contributed by atoms with Gasteiger partial charge >= 0.3 is 5.97 Å². The van der Waals surface area contributed by atoms with Gasteiger partial charge in [-0.3, -0.25) is 14.5 Å². The number of hydrogen-bond acceptors (Lipinski definition) is 6. The van der Waals surface area contributed by atoms with Crippen molar-refractivity contribution in [3.8, 4) is 0 Å². The number of esters is 1. The van der Waals surface area contributed by atoms with Crippen LogP contribution < -0.4 is 0 Å². The molecule has 72 heavy (non-hydrogen) atoms. The average Bonchev–Trinajstić information content (AvgIpc) is 3.39. The van der Waals surface area contributed by atoms with Crippen molar-refractivity contribution >= 4 is 11.9 Å². The van der Waals surface area contributed by atoms with Gasteiger partial charge in [0.2, 0.25) is 5.91 Å². The minimum atomic E-state index is -0.00618. The van der Waals surface area contributed by atoms with Crippen molar-refractivity contribution in [3.05, 3.63) is 0 Å². The lowest BCUT2D eigenvalue weighted by Gasteiger charge is -2.36. The molecular formula is C65H130N4O3. The third-order valence-electron chi connectivity index (χ3n) is 16.2. The van der Waals surface area contributed by atoms with Gasteiger partial charge in [0.25, 0.3) is 0 Å². The molecule has 1 amide bonds. The molecule has 1 aliphatic rings. The van der Waals surface area contributed by atoms with Gasteiger partial charge in [-0.25, -0.2) is 0 Å². The minimum absolute atomic E-state index is 0.00618. The molecule has 0 aromatic carbocycles. The predicted molar refractivity (Wildman–Crippen MR) is 316 cm³/mol. The first kappa shape index (κ1) is 68.8.